The zero-order chi connectivity index (χ0) is 33.9. The first kappa shape index (κ1) is 31.2. The first-order valence-corrected chi connectivity index (χ1v) is 18.5. The molecule has 0 bridgehead atoms. The molecule has 0 radical (unpaired) electrons. The normalized spacial score (nSPS) is 11.4. The molecule has 0 aliphatic rings. The van der Waals surface area contributed by atoms with Gasteiger partial charge in [0.15, 0.2) is 0 Å². The van der Waals surface area contributed by atoms with E-state index in [0.717, 1.165) is 0 Å². The van der Waals surface area contributed by atoms with Gasteiger partial charge < -0.3 is 9.90 Å². The van der Waals surface area contributed by atoms with Gasteiger partial charge in [-0.1, -0.05) is 176 Å². The van der Waals surface area contributed by atoms with Gasteiger partial charge in [-0.25, -0.2) is 0 Å². The maximum Gasteiger partial charge on any atom is 0.146 e. The van der Waals surface area contributed by atoms with E-state index in [4.69, 9.17) is 0 Å². The summed E-state index contributed by atoms with van der Waals surface area (Å²) in [5, 5.41) is 26.1. The highest BCUT2D eigenvalue weighted by Gasteiger charge is 2.51. The Kier molecular flexibility index (Phi) is 8.39. The van der Waals surface area contributed by atoms with Gasteiger partial charge in [-0.05, 0) is 51.4 Å². The standard InChI is InChI=1S/C40H28P.C7H6O2/c1-5-21-33-29(13-1)17-9-25-37(33)41(38-26-10-18-30-14-2-6-22-34(30)38,39-27-11-19-31-15-3-7-23-35(31)39)40-28-12-20-32-16-4-8-24-36(32)40;8-7(9)6-4-2-1-3-5-6/h1-28H;1-5H,(H,8,9)/q+1;/p-1. The van der Waals surface area contributed by atoms with Crippen molar-refractivity contribution in [3.05, 3.63) is 206 Å². The fraction of sp³-hybridized carbons (Fsp3) is 0. The van der Waals surface area contributed by atoms with Crippen LogP contribution >= 0.6 is 7.26 Å². The fourth-order valence-corrected chi connectivity index (χ4v) is 12.4. The zero-order valence-corrected chi connectivity index (χ0v) is 28.2. The van der Waals surface area contributed by atoms with E-state index in [1.54, 1.807) is 18.2 Å². The number of carboxylic acids is 1. The van der Waals surface area contributed by atoms with Crippen molar-refractivity contribution in [1.29, 1.82) is 0 Å². The van der Waals surface area contributed by atoms with Crippen LogP contribution in [0.2, 0.25) is 0 Å². The third kappa shape index (κ3) is 5.41. The van der Waals surface area contributed by atoms with Crippen molar-refractivity contribution in [3.8, 4) is 0 Å². The number of carboxylic acid groups (broad SMARTS) is 1. The third-order valence-corrected chi connectivity index (χ3v) is 14.0. The Bertz CT molecular complexity index is 2300. The number of rotatable bonds is 5. The van der Waals surface area contributed by atoms with Crippen LogP contribution in [0.25, 0.3) is 43.1 Å². The van der Waals surface area contributed by atoms with Crippen molar-refractivity contribution in [2.45, 2.75) is 0 Å². The predicted octanol–water partition coefficient (Wildman–Crippen LogP) is 8.97. The van der Waals surface area contributed by atoms with Gasteiger partial charge in [-0.2, -0.15) is 0 Å². The van der Waals surface area contributed by atoms with Crippen molar-refractivity contribution in [2.75, 3.05) is 0 Å². The van der Waals surface area contributed by atoms with Crippen LogP contribution in [0.1, 0.15) is 10.4 Å². The maximum absolute atomic E-state index is 10.1. The lowest BCUT2D eigenvalue weighted by molar-refractivity contribution is -0.255. The Morgan fingerprint density at radius 1 is 0.320 bits per heavy atom. The molecule has 0 spiro atoms. The summed E-state index contributed by atoms with van der Waals surface area (Å²) in [6, 6.07) is 71.4. The Morgan fingerprint density at radius 2 is 0.580 bits per heavy atom. The lowest BCUT2D eigenvalue weighted by atomic mass is 10.1. The lowest BCUT2D eigenvalue weighted by Crippen LogP contribution is -2.40. The molecule has 9 aromatic rings. The second-order valence-electron chi connectivity index (χ2n) is 12.3. The molecule has 238 valence electrons. The van der Waals surface area contributed by atoms with E-state index in [1.807, 2.05) is 0 Å². The van der Waals surface area contributed by atoms with E-state index in [9.17, 15) is 9.90 Å². The average Bonchev–Trinajstić information content (AvgIpc) is 3.19. The van der Waals surface area contributed by atoms with Gasteiger partial charge >= 0.3 is 0 Å². The Hall–Kier alpha value is -6.08. The van der Waals surface area contributed by atoms with Gasteiger partial charge in [-0.3, -0.25) is 0 Å². The molecule has 0 saturated heterocycles. The van der Waals surface area contributed by atoms with E-state index < -0.39 is 13.2 Å². The van der Waals surface area contributed by atoms with E-state index in [2.05, 4.69) is 170 Å². The van der Waals surface area contributed by atoms with Crippen LogP contribution in [0.15, 0.2) is 200 Å². The van der Waals surface area contributed by atoms with Gasteiger partial charge in [0.1, 0.15) is 28.5 Å². The topological polar surface area (TPSA) is 40.1 Å². The molecule has 0 aliphatic carbocycles. The summed E-state index contributed by atoms with van der Waals surface area (Å²) < 4.78 is 0. The van der Waals surface area contributed by atoms with Crippen LogP contribution in [0.4, 0.5) is 0 Å². The quantitative estimate of drug-likeness (QED) is 0.173. The molecule has 9 rings (SSSR count). The number of carbonyl (C=O) groups is 1. The predicted molar refractivity (Wildman–Crippen MR) is 212 cm³/mol. The number of hydrogen-bond acceptors (Lipinski definition) is 2. The molecule has 3 heteroatoms. The highest BCUT2D eigenvalue weighted by molar-refractivity contribution is 8.02. The SMILES string of the molecule is O=C([O-])c1ccccc1.c1ccc2c([P+](c3cccc4ccccc34)(c3cccc4ccccc34)c3cccc4ccccc34)cccc2c1. The minimum Gasteiger partial charge on any atom is -0.545 e. The van der Waals surface area contributed by atoms with Crippen molar-refractivity contribution < 1.29 is 9.90 Å². The van der Waals surface area contributed by atoms with Gasteiger partial charge in [0, 0.05) is 21.5 Å². The molecule has 50 heavy (non-hydrogen) atoms. The highest BCUT2D eigenvalue weighted by Crippen LogP contribution is 2.59. The van der Waals surface area contributed by atoms with E-state index in [-0.39, 0.29) is 5.56 Å². The van der Waals surface area contributed by atoms with Gasteiger partial charge in [0.05, 0.1) is 5.97 Å². The summed E-state index contributed by atoms with van der Waals surface area (Å²) >= 11 is 0. The maximum atomic E-state index is 10.1. The molecule has 0 saturated carbocycles. The van der Waals surface area contributed by atoms with E-state index in [1.165, 1.54) is 76.4 Å². The molecule has 9 aromatic carbocycles. The molecule has 0 fully saturated rings. The Balaban J connectivity index is 0.000000352. The molecule has 0 aromatic heterocycles. The molecule has 0 amide bonds. The monoisotopic (exact) mass is 660 g/mol. The summed E-state index contributed by atoms with van der Waals surface area (Å²) in [6.07, 6.45) is 0. The highest BCUT2D eigenvalue weighted by atomic mass is 31.2. The van der Waals surface area contributed by atoms with Crippen LogP contribution in [0.5, 0.6) is 0 Å². The summed E-state index contributed by atoms with van der Waals surface area (Å²) in [6.45, 7) is 0. The van der Waals surface area contributed by atoms with Gasteiger partial charge in [0.2, 0.25) is 0 Å². The smallest absolute Gasteiger partial charge is 0.146 e. The van der Waals surface area contributed by atoms with Gasteiger partial charge in [0.25, 0.3) is 0 Å². The Labute approximate surface area is 292 Å². The van der Waals surface area contributed by atoms with E-state index in [0.29, 0.717) is 0 Å². The number of fused-ring (bicyclic) bond motifs is 4. The average molecular weight is 661 g/mol. The first-order valence-electron chi connectivity index (χ1n) is 16.7. The number of benzene rings is 9. The molecular formula is C47H33O2P. The largest absolute Gasteiger partial charge is 0.545 e. The third-order valence-electron chi connectivity index (χ3n) is 9.52. The van der Waals surface area contributed by atoms with Crippen LogP contribution in [-0.2, 0) is 0 Å². The number of hydrogen-bond donors (Lipinski definition) is 0. The molecule has 0 N–H and O–H groups in total. The lowest BCUT2D eigenvalue weighted by Gasteiger charge is -2.31. The zero-order valence-electron chi connectivity index (χ0n) is 27.3. The second kappa shape index (κ2) is 13.4. The summed E-state index contributed by atoms with van der Waals surface area (Å²) in [5.41, 5.74) is 0.220. The summed E-state index contributed by atoms with van der Waals surface area (Å²) in [5.74, 6) is -1.13. The number of aromatic carboxylic acids is 1. The fourth-order valence-electron chi connectivity index (χ4n) is 7.36. The van der Waals surface area contributed by atoms with Crippen LogP contribution in [0.3, 0.4) is 0 Å². The Morgan fingerprint density at radius 3 is 0.860 bits per heavy atom. The van der Waals surface area contributed by atoms with Crippen LogP contribution in [-0.4, -0.2) is 5.97 Å². The van der Waals surface area contributed by atoms with Gasteiger partial charge in [-0.15, -0.1) is 0 Å². The minimum atomic E-state index is -2.49. The van der Waals surface area contributed by atoms with Crippen LogP contribution < -0.4 is 26.3 Å². The summed E-state index contributed by atoms with van der Waals surface area (Å²) in [4.78, 5) is 10.1. The van der Waals surface area contributed by atoms with Crippen molar-refractivity contribution in [2.24, 2.45) is 0 Å². The molecule has 0 heterocycles. The molecule has 0 unspecified atom stereocenters. The minimum absolute atomic E-state index is 0.220. The van der Waals surface area contributed by atoms with Crippen molar-refractivity contribution in [3.63, 3.8) is 0 Å². The molecule has 0 atom stereocenters. The second-order valence-corrected chi connectivity index (χ2v) is 15.6. The summed E-state index contributed by atoms with van der Waals surface area (Å²) in [7, 11) is -2.49. The molecular weight excluding hydrogens is 627 g/mol. The van der Waals surface area contributed by atoms with Crippen molar-refractivity contribution >= 4 is 77.5 Å². The van der Waals surface area contributed by atoms with Crippen LogP contribution in [0, 0.1) is 0 Å². The molecule has 0 aliphatic heterocycles. The van der Waals surface area contributed by atoms with Crippen molar-refractivity contribution in [1.82, 2.24) is 0 Å². The van der Waals surface area contributed by atoms with E-state index >= 15 is 0 Å². The molecule has 2 nitrogen and oxygen atoms in total. The number of carbonyl (C=O) groups excluding carboxylic acids is 1. The first-order chi connectivity index (χ1) is 24.7.